The molecule has 0 bridgehead atoms. The predicted molar refractivity (Wildman–Crippen MR) is 139 cm³/mol. The minimum Gasteiger partial charge on any atom is -0.504 e. The number of para-hydroxylation sites is 1. The normalized spacial score (nSPS) is 11.5. The quantitative estimate of drug-likeness (QED) is 0.0966. The van der Waals surface area contributed by atoms with E-state index in [-0.39, 0.29) is 17.8 Å². The van der Waals surface area contributed by atoms with Crippen molar-refractivity contribution in [3.63, 3.8) is 0 Å². The summed E-state index contributed by atoms with van der Waals surface area (Å²) >= 11 is 0. The first kappa shape index (κ1) is 29.8. The second-order valence-electron chi connectivity index (χ2n) is 9.44. The Labute approximate surface area is 204 Å². The number of unbranched alkanes of at least 4 members (excludes halogenated alkanes) is 13. The Morgan fingerprint density at radius 1 is 0.636 bits per heavy atom. The molecule has 1 aromatic rings. The van der Waals surface area contributed by atoms with Gasteiger partial charge in [0.25, 0.3) is 0 Å². The number of aryl methyl sites for hydroxylation is 1. The van der Waals surface area contributed by atoms with Crippen molar-refractivity contribution in [2.24, 2.45) is 0 Å². The molecule has 4 nitrogen and oxygen atoms in total. The van der Waals surface area contributed by atoms with Gasteiger partial charge in [-0.2, -0.15) is 0 Å². The van der Waals surface area contributed by atoms with E-state index in [0.717, 1.165) is 63.7 Å². The molecule has 192 valence electrons. The van der Waals surface area contributed by atoms with E-state index < -0.39 is 0 Å². The molecule has 0 unspecified atom stereocenters. The number of hydrogen-bond acceptors (Lipinski definition) is 4. The van der Waals surface area contributed by atoms with Crippen LogP contribution in [0.25, 0.3) is 0 Å². The minimum atomic E-state index is -0.0314. The molecular weight excluding hydrogens is 412 g/mol. The van der Waals surface area contributed by atoms with E-state index in [1.165, 1.54) is 76.7 Å². The first-order valence-corrected chi connectivity index (χ1v) is 13.9. The maximum atomic E-state index is 9.88. The van der Waals surface area contributed by atoms with E-state index in [9.17, 15) is 10.2 Å². The Hall–Kier alpha value is -1.26. The molecule has 1 aromatic carbocycles. The lowest BCUT2D eigenvalue weighted by molar-refractivity contribution is -0.148. The van der Waals surface area contributed by atoms with E-state index in [4.69, 9.17) is 9.47 Å². The molecule has 4 heteroatoms. The summed E-state index contributed by atoms with van der Waals surface area (Å²) in [7, 11) is 0. The highest BCUT2D eigenvalue weighted by Gasteiger charge is 2.09. The summed E-state index contributed by atoms with van der Waals surface area (Å²) < 4.78 is 12.2. The lowest BCUT2D eigenvalue weighted by Crippen LogP contribution is -2.19. The molecule has 0 saturated carbocycles. The van der Waals surface area contributed by atoms with Crippen molar-refractivity contribution in [3.8, 4) is 11.5 Å². The molecule has 0 fully saturated rings. The van der Waals surface area contributed by atoms with Gasteiger partial charge >= 0.3 is 0 Å². The number of phenolic OH excluding ortho intramolecular Hbond substituents is 2. The Kier molecular flexibility index (Phi) is 19.2. The van der Waals surface area contributed by atoms with Crippen LogP contribution in [-0.2, 0) is 15.9 Å². The lowest BCUT2D eigenvalue weighted by Gasteiger charge is -2.19. The highest BCUT2D eigenvalue weighted by Crippen LogP contribution is 2.29. The van der Waals surface area contributed by atoms with Crippen LogP contribution in [0.15, 0.2) is 18.2 Å². The average molecular weight is 465 g/mol. The summed E-state index contributed by atoms with van der Waals surface area (Å²) in [5.74, 6) is 0.0210. The monoisotopic (exact) mass is 464 g/mol. The van der Waals surface area contributed by atoms with E-state index in [1.807, 2.05) is 6.07 Å². The molecule has 33 heavy (non-hydrogen) atoms. The van der Waals surface area contributed by atoms with Crippen LogP contribution in [-0.4, -0.2) is 29.7 Å². The molecular formula is C29H52O4. The van der Waals surface area contributed by atoms with Crippen molar-refractivity contribution in [2.45, 2.75) is 136 Å². The van der Waals surface area contributed by atoms with Gasteiger partial charge in [-0.05, 0) is 50.2 Å². The molecule has 0 heterocycles. The molecule has 0 amide bonds. The Morgan fingerprint density at radius 2 is 1.15 bits per heavy atom. The maximum Gasteiger partial charge on any atom is 0.160 e. The maximum absolute atomic E-state index is 9.88. The van der Waals surface area contributed by atoms with E-state index in [1.54, 1.807) is 6.07 Å². The third-order valence-electron chi connectivity index (χ3n) is 6.34. The van der Waals surface area contributed by atoms with Crippen molar-refractivity contribution < 1.29 is 19.7 Å². The molecule has 0 radical (unpaired) electrons. The number of phenols is 2. The summed E-state index contributed by atoms with van der Waals surface area (Å²) in [4.78, 5) is 0. The number of aromatic hydroxyl groups is 2. The Balaban J connectivity index is 2.13. The van der Waals surface area contributed by atoms with Crippen molar-refractivity contribution in [1.82, 2.24) is 0 Å². The van der Waals surface area contributed by atoms with Gasteiger partial charge in [0, 0.05) is 13.2 Å². The number of benzene rings is 1. The van der Waals surface area contributed by atoms with Crippen LogP contribution in [0.4, 0.5) is 0 Å². The first-order chi connectivity index (χ1) is 16.2. The van der Waals surface area contributed by atoms with Crippen LogP contribution >= 0.6 is 0 Å². The van der Waals surface area contributed by atoms with Gasteiger partial charge in [0.15, 0.2) is 17.8 Å². The van der Waals surface area contributed by atoms with Gasteiger partial charge in [-0.3, -0.25) is 0 Å². The smallest absolute Gasteiger partial charge is 0.160 e. The van der Waals surface area contributed by atoms with Gasteiger partial charge < -0.3 is 19.7 Å². The fourth-order valence-corrected chi connectivity index (χ4v) is 4.17. The molecule has 0 atom stereocenters. The van der Waals surface area contributed by atoms with Crippen LogP contribution in [0.1, 0.15) is 129 Å². The lowest BCUT2D eigenvalue weighted by atomic mass is 10.0. The van der Waals surface area contributed by atoms with Crippen molar-refractivity contribution in [3.05, 3.63) is 23.8 Å². The highest BCUT2D eigenvalue weighted by molar-refractivity contribution is 5.44. The zero-order chi connectivity index (χ0) is 24.0. The number of rotatable bonds is 23. The second-order valence-corrected chi connectivity index (χ2v) is 9.44. The van der Waals surface area contributed by atoms with E-state index in [2.05, 4.69) is 13.8 Å². The van der Waals surface area contributed by atoms with Crippen molar-refractivity contribution in [2.75, 3.05) is 13.2 Å². The summed E-state index contributed by atoms with van der Waals surface area (Å²) in [6.07, 6.45) is 21.4. The predicted octanol–water partition coefficient (Wildman–Crippen LogP) is 8.67. The molecule has 0 aliphatic carbocycles. The molecule has 0 aromatic heterocycles. The fourth-order valence-electron chi connectivity index (χ4n) is 4.17. The van der Waals surface area contributed by atoms with Crippen LogP contribution in [0, 0.1) is 0 Å². The summed E-state index contributed by atoms with van der Waals surface area (Å²) in [6.45, 7) is 6.15. The van der Waals surface area contributed by atoms with E-state index >= 15 is 0 Å². The summed E-state index contributed by atoms with van der Waals surface area (Å²) in [5, 5.41) is 19.5. The standard InChI is InChI=1S/C29H52O4/c1-3-5-7-13-17-24-32-28(33-25-18-14-8-6-4-2)23-16-12-10-9-11-15-20-26-21-19-22-27(30)29(26)31/h19,21-22,28,30-31H,3-18,20,23-25H2,1-2H3. The Morgan fingerprint density at radius 3 is 1.76 bits per heavy atom. The van der Waals surface area contributed by atoms with Crippen LogP contribution in [0.5, 0.6) is 11.5 Å². The minimum absolute atomic E-state index is 0.0200. The van der Waals surface area contributed by atoms with Gasteiger partial charge in [0.05, 0.1) is 0 Å². The van der Waals surface area contributed by atoms with Gasteiger partial charge in [0.2, 0.25) is 0 Å². The molecule has 1 rings (SSSR count). The molecule has 0 aliphatic heterocycles. The largest absolute Gasteiger partial charge is 0.504 e. The van der Waals surface area contributed by atoms with Crippen LogP contribution in [0.3, 0.4) is 0 Å². The van der Waals surface area contributed by atoms with Crippen LogP contribution < -0.4 is 0 Å². The first-order valence-electron chi connectivity index (χ1n) is 13.9. The SMILES string of the molecule is CCCCCCCOC(CCCCCCCCc1cccc(O)c1O)OCCCCCCC. The molecule has 0 spiro atoms. The molecule has 0 aliphatic rings. The topological polar surface area (TPSA) is 58.9 Å². The number of ether oxygens (including phenoxy) is 2. The van der Waals surface area contributed by atoms with Gasteiger partial charge in [-0.1, -0.05) is 103 Å². The second kappa shape index (κ2) is 21.3. The third-order valence-corrected chi connectivity index (χ3v) is 6.34. The van der Waals surface area contributed by atoms with Crippen molar-refractivity contribution >= 4 is 0 Å². The third kappa shape index (κ3) is 16.1. The fraction of sp³-hybridized carbons (Fsp3) is 0.793. The van der Waals surface area contributed by atoms with Gasteiger partial charge in [-0.15, -0.1) is 0 Å². The zero-order valence-electron chi connectivity index (χ0n) is 21.7. The molecule has 2 N–H and O–H groups in total. The van der Waals surface area contributed by atoms with Gasteiger partial charge in [-0.25, -0.2) is 0 Å². The van der Waals surface area contributed by atoms with E-state index in [0.29, 0.717) is 0 Å². The zero-order valence-corrected chi connectivity index (χ0v) is 21.7. The number of hydrogen-bond donors (Lipinski definition) is 2. The summed E-state index contributed by atoms with van der Waals surface area (Å²) in [5.41, 5.74) is 0.844. The van der Waals surface area contributed by atoms with Crippen LogP contribution in [0.2, 0.25) is 0 Å². The average Bonchev–Trinajstić information content (AvgIpc) is 2.82. The van der Waals surface area contributed by atoms with Gasteiger partial charge in [0.1, 0.15) is 0 Å². The Bertz CT molecular complexity index is 545. The summed E-state index contributed by atoms with van der Waals surface area (Å²) in [6, 6.07) is 5.21. The molecule has 0 saturated heterocycles. The van der Waals surface area contributed by atoms with Crippen molar-refractivity contribution in [1.29, 1.82) is 0 Å². The highest BCUT2D eigenvalue weighted by atomic mass is 16.7.